The van der Waals surface area contributed by atoms with Gasteiger partial charge in [0, 0.05) is 5.75 Å². The van der Waals surface area contributed by atoms with Crippen molar-refractivity contribution in [3.8, 4) is 5.75 Å². The molecule has 0 aliphatic heterocycles. The van der Waals surface area contributed by atoms with E-state index in [9.17, 15) is 0 Å². The van der Waals surface area contributed by atoms with Crippen LogP contribution in [0.3, 0.4) is 0 Å². The van der Waals surface area contributed by atoms with Crippen LogP contribution in [0.15, 0.2) is 24.3 Å². The Labute approximate surface area is 85.5 Å². The topological polar surface area (TPSA) is 9.23 Å². The van der Waals surface area contributed by atoms with E-state index in [-0.39, 0.29) is 0 Å². The highest BCUT2D eigenvalue weighted by molar-refractivity contribution is 7.80. The second-order valence-electron chi connectivity index (χ2n) is 3.30. The minimum Gasteiger partial charge on any atom is -0.493 e. The van der Waals surface area contributed by atoms with Crippen molar-refractivity contribution < 1.29 is 4.74 Å². The quantitative estimate of drug-likeness (QED) is 0.728. The Kier molecular flexibility index (Phi) is 4.16. The first kappa shape index (κ1) is 10.5. The Morgan fingerprint density at radius 3 is 2.31 bits per heavy atom. The summed E-state index contributed by atoms with van der Waals surface area (Å²) in [5.41, 5.74) is 1.35. The molecule has 0 fully saturated rings. The van der Waals surface area contributed by atoms with E-state index < -0.39 is 0 Å². The normalized spacial score (nSPS) is 10.5. The van der Waals surface area contributed by atoms with Crippen LogP contribution in [-0.2, 0) is 0 Å². The third-order valence-electron chi connectivity index (χ3n) is 1.91. The minimum atomic E-state index is 0.582. The van der Waals surface area contributed by atoms with Crippen molar-refractivity contribution >= 4 is 12.6 Å². The molecular weight excluding hydrogens is 180 g/mol. The third-order valence-corrected chi connectivity index (χ3v) is 2.09. The summed E-state index contributed by atoms with van der Waals surface area (Å²) >= 11 is 4.08. The SMILES string of the molecule is CC(C)c1ccc(OCCS)cc1. The van der Waals surface area contributed by atoms with E-state index in [0.717, 1.165) is 11.5 Å². The first-order valence-corrected chi connectivity index (χ1v) is 5.21. The maximum Gasteiger partial charge on any atom is 0.119 e. The highest BCUT2D eigenvalue weighted by atomic mass is 32.1. The van der Waals surface area contributed by atoms with Crippen molar-refractivity contribution in [1.82, 2.24) is 0 Å². The van der Waals surface area contributed by atoms with Crippen molar-refractivity contribution in [3.05, 3.63) is 29.8 Å². The van der Waals surface area contributed by atoms with Crippen LogP contribution in [-0.4, -0.2) is 12.4 Å². The molecule has 0 amide bonds. The summed E-state index contributed by atoms with van der Waals surface area (Å²) in [7, 11) is 0. The molecule has 0 aliphatic carbocycles. The Morgan fingerprint density at radius 2 is 1.85 bits per heavy atom. The van der Waals surface area contributed by atoms with Crippen molar-refractivity contribution in [2.75, 3.05) is 12.4 Å². The predicted octanol–water partition coefficient (Wildman–Crippen LogP) is 3.12. The summed E-state index contributed by atoms with van der Waals surface area (Å²) in [5, 5.41) is 0. The minimum absolute atomic E-state index is 0.582. The van der Waals surface area contributed by atoms with Gasteiger partial charge in [-0.3, -0.25) is 0 Å². The fraction of sp³-hybridized carbons (Fsp3) is 0.455. The van der Waals surface area contributed by atoms with Crippen molar-refractivity contribution in [2.24, 2.45) is 0 Å². The molecule has 0 spiro atoms. The van der Waals surface area contributed by atoms with E-state index in [1.807, 2.05) is 12.1 Å². The molecule has 0 radical (unpaired) electrons. The molecule has 0 saturated carbocycles. The highest BCUT2D eigenvalue weighted by Crippen LogP contribution is 2.18. The van der Waals surface area contributed by atoms with Crippen LogP contribution >= 0.6 is 12.6 Å². The molecule has 13 heavy (non-hydrogen) atoms. The van der Waals surface area contributed by atoms with Gasteiger partial charge in [0.05, 0.1) is 6.61 Å². The van der Waals surface area contributed by atoms with Crippen LogP contribution in [0.1, 0.15) is 25.3 Å². The van der Waals surface area contributed by atoms with E-state index in [1.165, 1.54) is 5.56 Å². The Hall–Kier alpha value is -0.630. The van der Waals surface area contributed by atoms with Crippen molar-refractivity contribution in [1.29, 1.82) is 0 Å². The fourth-order valence-electron chi connectivity index (χ4n) is 1.11. The predicted molar refractivity (Wildman–Crippen MR) is 59.9 cm³/mol. The summed E-state index contributed by atoms with van der Waals surface area (Å²) in [5.74, 6) is 2.27. The Bertz CT molecular complexity index is 241. The van der Waals surface area contributed by atoms with E-state index in [0.29, 0.717) is 12.5 Å². The fourth-order valence-corrected chi connectivity index (χ4v) is 1.20. The number of hydrogen-bond donors (Lipinski definition) is 1. The van der Waals surface area contributed by atoms with Gasteiger partial charge in [0.2, 0.25) is 0 Å². The van der Waals surface area contributed by atoms with Crippen LogP contribution in [0.4, 0.5) is 0 Å². The van der Waals surface area contributed by atoms with Crippen molar-refractivity contribution in [3.63, 3.8) is 0 Å². The molecule has 1 aromatic rings. The highest BCUT2D eigenvalue weighted by Gasteiger charge is 1.98. The van der Waals surface area contributed by atoms with Gasteiger partial charge in [-0.25, -0.2) is 0 Å². The molecule has 0 heterocycles. The summed E-state index contributed by atoms with van der Waals surface area (Å²) in [4.78, 5) is 0. The molecule has 0 saturated heterocycles. The van der Waals surface area contributed by atoms with E-state index in [1.54, 1.807) is 0 Å². The third kappa shape index (κ3) is 3.31. The first-order chi connectivity index (χ1) is 6.24. The first-order valence-electron chi connectivity index (χ1n) is 4.57. The second kappa shape index (κ2) is 5.18. The van der Waals surface area contributed by atoms with E-state index >= 15 is 0 Å². The van der Waals surface area contributed by atoms with Gasteiger partial charge in [-0.2, -0.15) is 12.6 Å². The van der Waals surface area contributed by atoms with Gasteiger partial charge >= 0.3 is 0 Å². The maximum atomic E-state index is 5.41. The van der Waals surface area contributed by atoms with Crippen LogP contribution in [0.25, 0.3) is 0 Å². The molecule has 0 aromatic heterocycles. The molecular formula is C11H16OS. The van der Waals surface area contributed by atoms with Crippen LogP contribution < -0.4 is 4.74 Å². The number of rotatable bonds is 4. The molecule has 0 N–H and O–H groups in total. The molecule has 2 heteroatoms. The standard InChI is InChI=1S/C11H16OS/c1-9(2)10-3-5-11(6-4-10)12-7-8-13/h3-6,9,13H,7-8H2,1-2H3. The molecule has 72 valence electrons. The number of hydrogen-bond acceptors (Lipinski definition) is 2. The molecule has 0 bridgehead atoms. The molecule has 1 nitrogen and oxygen atoms in total. The lowest BCUT2D eigenvalue weighted by molar-refractivity contribution is 0.344. The largest absolute Gasteiger partial charge is 0.493 e. The van der Waals surface area contributed by atoms with Gasteiger partial charge in [0.15, 0.2) is 0 Å². The Morgan fingerprint density at radius 1 is 1.23 bits per heavy atom. The number of benzene rings is 1. The second-order valence-corrected chi connectivity index (χ2v) is 3.74. The Balaban J connectivity index is 2.59. The lowest BCUT2D eigenvalue weighted by Gasteiger charge is -2.07. The van der Waals surface area contributed by atoms with Gasteiger partial charge < -0.3 is 4.74 Å². The summed E-state index contributed by atoms with van der Waals surface area (Å²) in [6, 6.07) is 8.24. The summed E-state index contributed by atoms with van der Waals surface area (Å²) in [6.45, 7) is 5.04. The van der Waals surface area contributed by atoms with Gasteiger partial charge in [-0.15, -0.1) is 0 Å². The average molecular weight is 196 g/mol. The lowest BCUT2D eigenvalue weighted by atomic mass is 10.0. The van der Waals surface area contributed by atoms with Crippen molar-refractivity contribution in [2.45, 2.75) is 19.8 Å². The van der Waals surface area contributed by atoms with E-state index in [4.69, 9.17) is 4.74 Å². The molecule has 1 rings (SSSR count). The van der Waals surface area contributed by atoms with Gasteiger partial charge in [-0.05, 0) is 23.6 Å². The zero-order chi connectivity index (χ0) is 9.68. The van der Waals surface area contributed by atoms with Crippen LogP contribution in [0.5, 0.6) is 5.75 Å². The zero-order valence-electron chi connectivity index (χ0n) is 8.16. The van der Waals surface area contributed by atoms with Gasteiger partial charge in [0.1, 0.15) is 5.75 Å². The monoisotopic (exact) mass is 196 g/mol. The zero-order valence-corrected chi connectivity index (χ0v) is 9.05. The number of thiol groups is 1. The smallest absolute Gasteiger partial charge is 0.119 e. The van der Waals surface area contributed by atoms with Crippen LogP contribution in [0, 0.1) is 0 Å². The molecule has 0 aliphatic rings. The molecule has 0 unspecified atom stereocenters. The summed E-state index contributed by atoms with van der Waals surface area (Å²) < 4.78 is 5.41. The van der Waals surface area contributed by atoms with E-state index in [2.05, 4.69) is 38.6 Å². The van der Waals surface area contributed by atoms with Crippen LogP contribution in [0.2, 0.25) is 0 Å². The average Bonchev–Trinajstić information content (AvgIpc) is 2.15. The maximum absolute atomic E-state index is 5.41. The molecule has 1 aromatic carbocycles. The van der Waals surface area contributed by atoms with Gasteiger partial charge in [0.25, 0.3) is 0 Å². The lowest BCUT2D eigenvalue weighted by Crippen LogP contribution is -1.98. The molecule has 0 atom stereocenters. The number of ether oxygens (including phenoxy) is 1. The summed E-state index contributed by atoms with van der Waals surface area (Å²) in [6.07, 6.45) is 0. The van der Waals surface area contributed by atoms with Gasteiger partial charge in [-0.1, -0.05) is 26.0 Å².